The van der Waals surface area contributed by atoms with Crippen LogP contribution in [0.1, 0.15) is 22.6 Å². The van der Waals surface area contributed by atoms with Gasteiger partial charge in [0.15, 0.2) is 0 Å². The molecule has 0 spiro atoms. The topological polar surface area (TPSA) is 79.5 Å². The van der Waals surface area contributed by atoms with Crippen LogP contribution in [0.3, 0.4) is 0 Å². The molecule has 164 valence electrons. The van der Waals surface area contributed by atoms with Gasteiger partial charge in [0.25, 0.3) is 0 Å². The van der Waals surface area contributed by atoms with Crippen molar-refractivity contribution in [3.8, 4) is 0 Å². The smallest absolute Gasteiger partial charge is 0.244 e. The zero-order valence-electron chi connectivity index (χ0n) is 17.7. The third-order valence-corrected chi connectivity index (χ3v) is 8.33. The molecular weight excluding hydrogens is 432 g/mol. The highest BCUT2D eigenvalue weighted by molar-refractivity contribution is 7.98. The third-order valence-electron chi connectivity index (χ3n) is 5.47. The fourth-order valence-corrected chi connectivity index (χ4v) is 5.94. The summed E-state index contributed by atoms with van der Waals surface area (Å²) >= 11 is 1.54. The van der Waals surface area contributed by atoms with Crippen molar-refractivity contribution in [2.75, 3.05) is 26.2 Å². The largest absolute Gasteiger partial charge is 0.361 e. The van der Waals surface area contributed by atoms with Gasteiger partial charge in [-0.3, -0.25) is 4.90 Å². The lowest BCUT2D eigenvalue weighted by atomic mass is 10.2. The summed E-state index contributed by atoms with van der Waals surface area (Å²) in [6, 6.07) is 13.7. The number of nitrogens with zero attached hydrogens (tertiary/aromatic N) is 4. The van der Waals surface area contributed by atoms with Crippen molar-refractivity contribution >= 4 is 21.8 Å². The molecular formula is C22H26N4O3S2. The highest BCUT2D eigenvalue weighted by Gasteiger charge is 2.28. The zero-order valence-corrected chi connectivity index (χ0v) is 19.3. The van der Waals surface area contributed by atoms with Crippen molar-refractivity contribution in [3.05, 3.63) is 71.2 Å². The fraction of sp³-hybridized carbons (Fsp3) is 0.364. The summed E-state index contributed by atoms with van der Waals surface area (Å²) in [5.41, 5.74) is 3.17. The van der Waals surface area contributed by atoms with E-state index in [2.05, 4.69) is 27.2 Å². The second-order valence-corrected chi connectivity index (χ2v) is 10.5. The molecule has 0 radical (unpaired) electrons. The van der Waals surface area contributed by atoms with Crippen LogP contribution in [0.25, 0.3) is 0 Å². The van der Waals surface area contributed by atoms with Crippen molar-refractivity contribution in [2.45, 2.75) is 36.1 Å². The maximum absolute atomic E-state index is 13.0. The number of sulfonamides is 1. The Morgan fingerprint density at radius 3 is 2.39 bits per heavy atom. The number of piperazine rings is 1. The van der Waals surface area contributed by atoms with E-state index in [1.165, 1.54) is 23.5 Å². The molecule has 0 atom stereocenters. The molecule has 1 aromatic carbocycles. The first-order valence-corrected chi connectivity index (χ1v) is 12.6. The summed E-state index contributed by atoms with van der Waals surface area (Å²) in [6.07, 6.45) is 1.46. The van der Waals surface area contributed by atoms with Crippen molar-refractivity contribution in [2.24, 2.45) is 0 Å². The normalized spacial score (nSPS) is 15.9. The van der Waals surface area contributed by atoms with Gasteiger partial charge < -0.3 is 4.52 Å². The summed E-state index contributed by atoms with van der Waals surface area (Å²) in [7, 11) is -3.54. The highest BCUT2D eigenvalue weighted by Crippen LogP contribution is 2.26. The molecule has 0 N–H and O–H groups in total. The number of rotatable bonds is 7. The Morgan fingerprint density at radius 1 is 1.03 bits per heavy atom. The number of aryl methyl sites for hydroxylation is 2. The van der Waals surface area contributed by atoms with Crippen molar-refractivity contribution < 1.29 is 12.9 Å². The number of aromatic nitrogens is 2. The van der Waals surface area contributed by atoms with E-state index in [4.69, 9.17) is 4.52 Å². The minimum atomic E-state index is -3.54. The molecule has 1 fully saturated rings. The maximum Gasteiger partial charge on any atom is 0.244 e. The van der Waals surface area contributed by atoms with Gasteiger partial charge in [0, 0.05) is 50.2 Å². The molecule has 3 heterocycles. The fourth-order valence-electron chi connectivity index (χ4n) is 3.58. The lowest BCUT2D eigenvalue weighted by Crippen LogP contribution is -2.48. The molecule has 7 nitrogen and oxygen atoms in total. The van der Waals surface area contributed by atoms with Crippen LogP contribution in [0, 0.1) is 13.8 Å². The molecule has 4 rings (SSSR count). The van der Waals surface area contributed by atoms with Crippen LogP contribution in [-0.4, -0.2) is 53.9 Å². The molecule has 0 aliphatic carbocycles. The van der Waals surface area contributed by atoms with Gasteiger partial charge in [0.1, 0.15) is 10.7 Å². The van der Waals surface area contributed by atoms with E-state index < -0.39 is 10.0 Å². The number of thioether (sulfide) groups is 1. The van der Waals surface area contributed by atoms with Crippen LogP contribution in [-0.2, 0) is 22.3 Å². The van der Waals surface area contributed by atoms with Gasteiger partial charge in [-0.2, -0.15) is 4.31 Å². The molecule has 9 heteroatoms. The predicted octanol–water partition coefficient (Wildman–Crippen LogP) is 3.49. The molecule has 0 saturated carbocycles. The Kier molecular flexibility index (Phi) is 6.76. The quantitative estimate of drug-likeness (QED) is 0.502. The van der Waals surface area contributed by atoms with E-state index in [-0.39, 0.29) is 4.90 Å². The number of pyridine rings is 1. The average molecular weight is 459 g/mol. The molecule has 0 bridgehead atoms. The Labute approximate surface area is 187 Å². The van der Waals surface area contributed by atoms with Gasteiger partial charge in [-0.1, -0.05) is 35.5 Å². The summed E-state index contributed by atoms with van der Waals surface area (Å²) in [6.45, 7) is 7.04. The van der Waals surface area contributed by atoms with Crippen LogP contribution >= 0.6 is 11.8 Å². The molecule has 0 amide bonds. The second kappa shape index (κ2) is 9.52. The Bertz CT molecular complexity index is 1090. The number of hydrogen-bond acceptors (Lipinski definition) is 7. The van der Waals surface area contributed by atoms with Gasteiger partial charge in [-0.05, 0) is 31.5 Å². The molecule has 1 aliphatic heterocycles. The Balaban J connectivity index is 1.34. The monoisotopic (exact) mass is 458 g/mol. The summed E-state index contributed by atoms with van der Waals surface area (Å²) in [4.78, 5) is 6.89. The average Bonchev–Trinajstić information content (AvgIpc) is 3.11. The van der Waals surface area contributed by atoms with E-state index in [9.17, 15) is 8.42 Å². The van der Waals surface area contributed by atoms with Gasteiger partial charge in [0.05, 0.1) is 10.7 Å². The van der Waals surface area contributed by atoms with Gasteiger partial charge in [0.2, 0.25) is 10.0 Å². The maximum atomic E-state index is 13.0. The van der Waals surface area contributed by atoms with E-state index in [1.807, 2.05) is 32.0 Å². The van der Waals surface area contributed by atoms with Gasteiger partial charge in [-0.15, -0.1) is 11.8 Å². The van der Waals surface area contributed by atoms with E-state index in [0.717, 1.165) is 28.6 Å². The Morgan fingerprint density at radius 2 is 1.77 bits per heavy atom. The molecule has 31 heavy (non-hydrogen) atoms. The van der Waals surface area contributed by atoms with Crippen LogP contribution in [0.2, 0.25) is 0 Å². The lowest BCUT2D eigenvalue weighted by Gasteiger charge is -2.33. The first-order chi connectivity index (χ1) is 14.9. The summed E-state index contributed by atoms with van der Waals surface area (Å²) < 4.78 is 32.8. The second-order valence-electron chi connectivity index (χ2n) is 7.59. The zero-order chi connectivity index (χ0) is 21.8. The first kappa shape index (κ1) is 22.0. The van der Waals surface area contributed by atoms with Crippen molar-refractivity contribution in [1.82, 2.24) is 19.3 Å². The third kappa shape index (κ3) is 5.17. The van der Waals surface area contributed by atoms with E-state index in [1.54, 1.807) is 16.4 Å². The van der Waals surface area contributed by atoms with E-state index in [0.29, 0.717) is 31.9 Å². The number of hydrogen-bond donors (Lipinski definition) is 0. The standard InChI is InChI=1S/C22H26N4O3S2/c1-17-21(18(2)29-24-17)16-30-22-9-8-20(14-23-22)31(27,28)26-12-10-25(11-13-26)15-19-6-4-3-5-7-19/h3-9,14H,10-13,15-16H2,1-2H3. The van der Waals surface area contributed by atoms with Gasteiger partial charge in [-0.25, -0.2) is 13.4 Å². The SMILES string of the molecule is Cc1noc(C)c1CSc1ccc(S(=O)(=O)N2CCN(Cc3ccccc3)CC2)cn1. The summed E-state index contributed by atoms with van der Waals surface area (Å²) in [5.74, 6) is 1.49. The van der Waals surface area contributed by atoms with Crippen LogP contribution in [0.15, 0.2) is 63.1 Å². The van der Waals surface area contributed by atoms with Crippen molar-refractivity contribution in [3.63, 3.8) is 0 Å². The molecule has 2 aromatic heterocycles. The Hall–Kier alpha value is -2.20. The molecule has 3 aromatic rings. The van der Waals surface area contributed by atoms with Crippen LogP contribution in [0.4, 0.5) is 0 Å². The number of benzene rings is 1. The van der Waals surface area contributed by atoms with Gasteiger partial charge >= 0.3 is 0 Å². The lowest BCUT2D eigenvalue weighted by molar-refractivity contribution is 0.181. The highest BCUT2D eigenvalue weighted by atomic mass is 32.2. The first-order valence-electron chi connectivity index (χ1n) is 10.2. The summed E-state index contributed by atoms with van der Waals surface area (Å²) in [5, 5.41) is 4.73. The minimum absolute atomic E-state index is 0.241. The molecule has 1 aliphatic rings. The van der Waals surface area contributed by atoms with E-state index >= 15 is 0 Å². The predicted molar refractivity (Wildman–Crippen MR) is 120 cm³/mol. The van der Waals surface area contributed by atoms with Crippen LogP contribution in [0.5, 0.6) is 0 Å². The van der Waals surface area contributed by atoms with Crippen LogP contribution < -0.4 is 0 Å². The minimum Gasteiger partial charge on any atom is -0.361 e. The van der Waals surface area contributed by atoms with Crippen molar-refractivity contribution in [1.29, 1.82) is 0 Å². The molecule has 1 saturated heterocycles. The molecule has 0 unspecified atom stereocenters.